The Balaban J connectivity index is 2.22. The summed E-state index contributed by atoms with van der Waals surface area (Å²) in [4.78, 5) is 11.0. The molecule has 20 heavy (non-hydrogen) atoms. The molecule has 3 nitrogen and oxygen atoms in total. The Kier molecular flexibility index (Phi) is 4.20. The van der Waals surface area contributed by atoms with Crippen molar-refractivity contribution in [3.8, 4) is 5.75 Å². The highest BCUT2D eigenvalue weighted by molar-refractivity contribution is 6.32. The van der Waals surface area contributed by atoms with Crippen LogP contribution < -0.4 is 4.74 Å². The third-order valence-corrected chi connectivity index (χ3v) is 2.87. The number of rotatable bonds is 4. The number of benzene rings is 2. The number of carbonyl (C=O) groups is 1. The highest BCUT2D eigenvalue weighted by Gasteiger charge is 2.12. The van der Waals surface area contributed by atoms with Gasteiger partial charge >= 0.3 is 5.97 Å². The van der Waals surface area contributed by atoms with Gasteiger partial charge in [0.05, 0.1) is 10.6 Å². The molecule has 0 radical (unpaired) electrons. The van der Waals surface area contributed by atoms with Crippen molar-refractivity contribution in [2.45, 2.75) is 6.61 Å². The van der Waals surface area contributed by atoms with E-state index >= 15 is 0 Å². The molecule has 2 rings (SSSR count). The Labute approximate surface area is 118 Å². The van der Waals surface area contributed by atoms with E-state index in [9.17, 15) is 13.6 Å². The molecule has 0 unspecified atom stereocenters. The summed E-state index contributed by atoms with van der Waals surface area (Å²) in [5.74, 6) is -2.08. The monoisotopic (exact) mass is 298 g/mol. The topological polar surface area (TPSA) is 46.5 Å². The summed E-state index contributed by atoms with van der Waals surface area (Å²) in [6.45, 7) is -0.190. The molecule has 0 saturated carbocycles. The Morgan fingerprint density at radius 3 is 2.45 bits per heavy atom. The van der Waals surface area contributed by atoms with Gasteiger partial charge < -0.3 is 9.84 Å². The van der Waals surface area contributed by atoms with Crippen molar-refractivity contribution in [3.05, 3.63) is 64.2 Å². The van der Waals surface area contributed by atoms with E-state index in [4.69, 9.17) is 21.4 Å². The van der Waals surface area contributed by atoms with Crippen LogP contribution in [0.15, 0.2) is 36.4 Å². The SMILES string of the molecule is O=C(O)c1ccc(F)cc1COc1ccc(F)cc1Cl. The number of halogens is 3. The van der Waals surface area contributed by atoms with E-state index in [0.717, 1.165) is 30.3 Å². The number of hydrogen-bond donors (Lipinski definition) is 1. The summed E-state index contributed by atoms with van der Waals surface area (Å²) < 4.78 is 31.3. The third kappa shape index (κ3) is 3.24. The zero-order chi connectivity index (χ0) is 14.7. The number of carboxylic acid groups (broad SMARTS) is 1. The molecule has 0 spiro atoms. The molecule has 6 heteroatoms. The minimum Gasteiger partial charge on any atom is -0.487 e. The summed E-state index contributed by atoms with van der Waals surface area (Å²) in [6, 6.07) is 6.82. The fraction of sp³-hybridized carbons (Fsp3) is 0.0714. The van der Waals surface area contributed by atoms with Crippen LogP contribution in [0, 0.1) is 11.6 Å². The summed E-state index contributed by atoms with van der Waals surface area (Å²) in [5, 5.41) is 9.05. The van der Waals surface area contributed by atoms with Gasteiger partial charge in [-0.2, -0.15) is 0 Å². The zero-order valence-corrected chi connectivity index (χ0v) is 10.8. The molecule has 0 saturated heterocycles. The van der Waals surface area contributed by atoms with Crippen LogP contribution >= 0.6 is 11.6 Å². The minimum absolute atomic E-state index is 0.0540. The molecular formula is C14H9ClF2O3. The molecule has 0 atom stereocenters. The molecule has 0 aliphatic carbocycles. The van der Waals surface area contributed by atoms with Gasteiger partial charge in [-0.25, -0.2) is 13.6 Å². The normalized spacial score (nSPS) is 10.3. The average Bonchev–Trinajstić information content (AvgIpc) is 2.37. The lowest BCUT2D eigenvalue weighted by Crippen LogP contribution is -2.06. The second-order valence-electron chi connectivity index (χ2n) is 3.97. The molecule has 104 valence electrons. The molecule has 0 amide bonds. The maximum absolute atomic E-state index is 13.1. The minimum atomic E-state index is -1.19. The Hall–Kier alpha value is -2.14. The largest absolute Gasteiger partial charge is 0.487 e. The first-order chi connectivity index (χ1) is 9.47. The lowest BCUT2D eigenvalue weighted by Gasteiger charge is -2.10. The molecule has 0 bridgehead atoms. The second kappa shape index (κ2) is 5.88. The van der Waals surface area contributed by atoms with Crippen molar-refractivity contribution in [3.63, 3.8) is 0 Å². The maximum Gasteiger partial charge on any atom is 0.336 e. The summed E-state index contributed by atoms with van der Waals surface area (Å²) in [5.41, 5.74) is 0.0996. The number of hydrogen-bond acceptors (Lipinski definition) is 2. The first kappa shape index (κ1) is 14.3. The quantitative estimate of drug-likeness (QED) is 0.931. The smallest absolute Gasteiger partial charge is 0.336 e. The Bertz CT molecular complexity index is 659. The second-order valence-corrected chi connectivity index (χ2v) is 4.38. The fourth-order valence-electron chi connectivity index (χ4n) is 1.64. The molecule has 0 aliphatic rings. The van der Waals surface area contributed by atoms with Gasteiger partial charge in [0.2, 0.25) is 0 Å². The predicted octanol–water partition coefficient (Wildman–Crippen LogP) is 3.90. The van der Waals surface area contributed by atoms with E-state index in [1.165, 1.54) is 6.07 Å². The van der Waals surface area contributed by atoms with Gasteiger partial charge in [-0.1, -0.05) is 11.6 Å². The maximum atomic E-state index is 13.1. The van der Waals surface area contributed by atoms with E-state index in [0.29, 0.717) is 0 Å². The van der Waals surface area contributed by atoms with Crippen LogP contribution in [0.25, 0.3) is 0 Å². The van der Waals surface area contributed by atoms with Crippen molar-refractivity contribution in [2.24, 2.45) is 0 Å². The molecule has 0 aromatic heterocycles. The molecule has 0 fully saturated rings. The number of aromatic carboxylic acids is 1. The Morgan fingerprint density at radius 1 is 1.15 bits per heavy atom. The van der Waals surface area contributed by atoms with Crippen molar-refractivity contribution >= 4 is 17.6 Å². The van der Waals surface area contributed by atoms with Gasteiger partial charge in [-0.15, -0.1) is 0 Å². The first-order valence-electron chi connectivity index (χ1n) is 5.57. The van der Waals surface area contributed by atoms with Crippen LogP contribution in [0.5, 0.6) is 5.75 Å². The standard InChI is InChI=1S/C14H9ClF2O3/c15-12-6-10(17)2-4-13(12)20-7-8-5-9(16)1-3-11(8)14(18)19/h1-6H,7H2,(H,18,19). The molecule has 0 aliphatic heterocycles. The van der Waals surface area contributed by atoms with Crippen molar-refractivity contribution in [2.75, 3.05) is 0 Å². The highest BCUT2D eigenvalue weighted by Crippen LogP contribution is 2.26. The van der Waals surface area contributed by atoms with E-state index in [2.05, 4.69) is 0 Å². The highest BCUT2D eigenvalue weighted by atomic mass is 35.5. The lowest BCUT2D eigenvalue weighted by atomic mass is 10.1. The van der Waals surface area contributed by atoms with Crippen LogP contribution in [-0.2, 0) is 6.61 Å². The van der Waals surface area contributed by atoms with Crippen LogP contribution in [-0.4, -0.2) is 11.1 Å². The van der Waals surface area contributed by atoms with Gasteiger partial charge in [-0.3, -0.25) is 0 Å². The van der Waals surface area contributed by atoms with Crippen molar-refractivity contribution in [1.29, 1.82) is 0 Å². The van der Waals surface area contributed by atoms with Crippen molar-refractivity contribution < 1.29 is 23.4 Å². The summed E-state index contributed by atoms with van der Waals surface area (Å²) in [7, 11) is 0. The summed E-state index contributed by atoms with van der Waals surface area (Å²) >= 11 is 5.77. The molecule has 2 aromatic rings. The van der Waals surface area contributed by atoms with Crippen molar-refractivity contribution in [1.82, 2.24) is 0 Å². The van der Waals surface area contributed by atoms with Gasteiger partial charge in [0.25, 0.3) is 0 Å². The van der Waals surface area contributed by atoms with Gasteiger partial charge in [0, 0.05) is 5.56 Å². The van der Waals surface area contributed by atoms with Crippen LogP contribution in [0.4, 0.5) is 8.78 Å². The molecular weight excluding hydrogens is 290 g/mol. The Morgan fingerprint density at radius 2 is 1.80 bits per heavy atom. The van der Waals surface area contributed by atoms with Crippen LogP contribution in [0.3, 0.4) is 0 Å². The first-order valence-corrected chi connectivity index (χ1v) is 5.95. The number of ether oxygens (including phenoxy) is 1. The number of carboxylic acids is 1. The van der Waals surface area contributed by atoms with Crippen LogP contribution in [0.1, 0.15) is 15.9 Å². The van der Waals surface area contributed by atoms with E-state index in [1.54, 1.807) is 0 Å². The molecule has 1 N–H and O–H groups in total. The average molecular weight is 299 g/mol. The zero-order valence-electron chi connectivity index (χ0n) is 10.1. The van der Waals surface area contributed by atoms with E-state index < -0.39 is 17.6 Å². The van der Waals surface area contributed by atoms with E-state index in [1.807, 2.05) is 0 Å². The predicted molar refractivity (Wildman–Crippen MR) is 69.1 cm³/mol. The molecule has 2 aromatic carbocycles. The fourth-order valence-corrected chi connectivity index (χ4v) is 1.86. The van der Waals surface area contributed by atoms with Crippen LogP contribution in [0.2, 0.25) is 5.02 Å². The molecule has 0 heterocycles. The summed E-state index contributed by atoms with van der Waals surface area (Å²) in [6.07, 6.45) is 0. The third-order valence-electron chi connectivity index (χ3n) is 2.57. The van der Waals surface area contributed by atoms with Gasteiger partial charge in [-0.05, 0) is 36.4 Å². The van der Waals surface area contributed by atoms with Gasteiger partial charge in [0.15, 0.2) is 0 Å². The lowest BCUT2D eigenvalue weighted by molar-refractivity contribution is 0.0694. The van der Waals surface area contributed by atoms with Gasteiger partial charge in [0.1, 0.15) is 24.0 Å². The van der Waals surface area contributed by atoms with E-state index in [-0.39, 0.29) is 28.5 Å².